The maximum atomic E-state index is 13.6. The summed E-state index contributed by atoms with van der Waals surface area (Å²) in [5.74, 6) is -0.956. The molecule has 1 fully saturated rings. The van der Waals surface area contributed by atoms with Crippen LogP contribution in [0.4, 0.5) is 17.6 Å². The maximum absolute atomic E-state index is 13.6. The molecule has 24 heavy (non-hydrogen) atoms. The van der Waals surface area contributed by atoms with Crippen molar-refractivity contribution in [2.24, 2.45) is 0 Å². The van der Waals surface area contributed by atoms with Crippen molar-refractivity contribution < 1.29 is 17.6 Å². The van der Waals surface area contributed by atoms with E-state index in [0.29, 0.717) is 17.2 Å². The standard InChI is InChI=1S/C16H12F4N4/c17-13-6-11(5-12(7-13)16(18,19)20)9-2-1-3-10(4-9)15-14(8-21)22-24-23-15/h1-7,14-15,22-24H. The van der Waals surface area contributed by atoms with Crippen LogP contribution in [0.15, 0.2) is 42.5 Å². The fourth-order valence-electron chi connectivity index (χ4n) is 2.58. The number of halogens is 4. The first-order chi connectivity index (χ1) is 11.4. The summed E-state index contributed by atoms with van der Waals surface area (Å²) >= 11 is 0. The van der Waals surface area contributed by atoms with Crippen molar-refractivity contribution in [3.63, 3.8) is 0 Å². The topological polar surface area (TPSA) is 59.9 Å². The van der Waals surface area contributed by atoms with Crippen LogP contribution in [0.25, 0.3) is 11.1 Å². The normalized spacial score (nSPS) is 20.8. The molecule has 124 valence electrons. The van der Waals surface area contributed by atoms with Gasteiger partial charge in [0.05, 0.1) is 17.7 Å². The van der Waals surface area contributed by atoms with E-state index in [-0.39, 0.29) is 11.6 Å². The quantitative estimate of drug-likeness (QED) is 0.738. The smallest absolute Gasteiger partial charge is 0.234 e. The third-order valence-electron chi connectivity index (χ3n) is 3.73. The van der Waals surface area contributed by atoms with E-state index < -0.39 is 23.6 Å². The molecular weight excluding hydrogens is 324 g/mol. The summed E-state index contributed by atoms with van der Waals surface area (Å²) < 4.78 is 52.2. The van der Waals surface area contributed by atoms with E-state index in [0.717, 1.165) is 12.1 Å². The van der Waals surface area contributed by atoms with E-state index in [1.165, 1.54) is 0 Å². The number of alkyl halides is 3. The van der Waals surface area contributed by atoms with Crippen LogP contribution in [0.3, 0.4) is 0 Å². The van der Waals surface area contributed by atoms with E-state index in [9.17, 15) is 17.6 Å². The van der Waals surface area contributed by atoms with Gasteiger partial charge < -0.3 is 0 Å². The third-order valence-corrected chi connectivity index (χ3v) is 3.73. The molecule has 2 unspecified atom stereocenters. The fourth-order valence-corrected chi connectivity index (χ4v) is 2.58. The lowest BCUT2D eigenvalue weighted by molar-refractivity contribution is -0.137. The minimum absolute atomic E-state index is 0.122. The summed E-state index contributed by atoms with van der Waals surface area (Å²) in [5, 5.41) is 9.08. The van der Waals surface area contributed by atoms with Gasteiger partial charge in [0.25, 0.3) is 0 Å². The van der Waals surface area contributed by atoms with Crippen molar-refractivity contribution >= 4 is 0 Å². The van der Waals surface area contributed by atoms with Gasteiger partial charge in [-0.3, -0.25) is 0 Å². The maximum Gasteiger partial charge on any atom is 0.416 e. The van der Waals surface area contributed by atoms with Crippen molar-refractivity contribution in [3.8, 4) is 17.2 Å². The second-order valence-electron chi connectivity index (χ2n) is 5.35. The molecule has 0 bridgehead atoms. The lowest BCUT2D eigenvalue weighted by Crippen LogP contribution is -2.32. The molecule has 1 aliphatic heterocycles. The number of rotatable bonds is 2. The number of hydrogen-bond acceptors (Lipinski definition) is 4. The molecule has 4 nitrogen and oxygen atoms in total. The molecule has 0 aromatic heterocycles. The van der Waals surface area contributed by atoms with Crippen LogP contribution >= 0.6 is 0 Å². The van der Waals surface area contributed by atoms with Crippen molar-refractivity contribution in [3.05, 3.63) is 59.4 Å². The molecular formula is C16H12F4N4. The summed E-state index contributed by atoms with van der Waals surface area (Å²) in [6, 6.07) is 10.2. The molecule has 0 aliphatic carbocycles. The number of nitrogens with zero attached hydrogens (tertiary/aromatic N) is 1. The summed E-state index contributed by atoms with van der Waals surface area (Å²) in [7, 11) is 0. The average molecular weight is 336 g/mol. The summed E-state index contributed by atoms with van der Waals surface area (Å²) in [6.07, 6.45) is -4.62. The zero-order valence-electron chi connectivity index (χ0n) is 12.2. The molecule has 0 amide bonds. The molecule has 2 aromatic carbocycles. The second kappa shape index (κ2) is 6.20. The Morgan fingerprint density at radius 3 is 2.50 bits per heavy atom. The summed E-state index contributed by atoms with van der Waals surface area (Å²) in [5.41, 5.74) is 8.42. The fraction of sp³-hybridized carbons (Fsp3) is 0.188. The van der Waals surface area contributed by atoms with Gasteiger partial charge in [-0.25, -0.2) is 15.2 Å². The Bertz CT molecular complexity index is 797. The van der Waals surface area contributed by atoms with Gasteiger partial charge in [-0.1, -0.05) is 18.2 Å². The molecule has 2 aromatic rings. The lowest BCUT2D eigenvalue weighted by Gasteiger charge is -2.14. The van der Waals surface area contributed by atoms with Gasteiger partial charge in [0, 0.05) is 0 Å². The molecule has 3 rings (SSSR count). The predicted molar refractivity (Wildman–Crippen MR) is 78.4 cm³/mol. The van der Waals surface area contributed by atoms with Crippen LogP contribution in [-0.2, 0) is 6.18 Å². The Morgan fingerprint density at radius 2 is 1.79 bits per heavy atom. The highest BCUT2D eigenvalue weighted by Gasteiger charge is 2.32. The summed E-state index contributed by atoms with van der Waals surface area (Å²) in [6.45, 7) is 0. The zero-order valence-corrected chi connectivity index (χ0v) is 12.2. The molecule has 0 radical (unpaired) electrons. The SMILES string of the molecule is N#CC1NNNC1c1cccc(-c2cc(F)cc(C(F)(F)F)c2)c1. The van der Waals surface area contributed by atoms with Crippen molar-refractivity contribution in [1.82, 2.24) is 16.4 Å². The van der Waals surface area contributed by atoms with Gasteiger partial charge >= 0.3 is 6.18 Å². The van der Waals surface area contributed by atoms with Crippen molar-refractivity contribution in [2.75, 3.05) is 0 Å². The Kier molecular flexibility index (Phi) is 4.24. The third kappa shape index (κ3) is 3.23. The Balaban J connectivity index is 2.01. The van der Waals surface area contributed by atoms with Gasteiger partial charge in [-0.05, 0) is 41.0 Å². The molecule has 0 spiro atoms. The zero-order chi connectivity index (χ0) is 17.3. The number of benzene rings is 2. The number of nitriles is 1. The predicted octanol–water partition coefficient (Wildman–Crippen LogP) is 3.06. The highest BCUT2D eigenvalue weighted by Crippen LogP contribution is 2.34. The Hall–Kier alpha value is -2.47. The van der Waals surface area contributed by atoms with E-state index in [4.69, 9.17) is 5.26 Å². The minimum atomic E-state index is -4.62. The minimum Gasteiger partial charge on any atom is -0.234 e. The highest BCUT2D eigenvalue weighted by molar-refractivity contribution is 5.65. The Labute approximate surface area is 135 Å². The van der Waals surface area contributed by atoms with Crippen LogP contribution in [0.2, 0.25) is 0 Å². The summed E-state index contributed by atoms with van der Waals surface area (Å²) in [4.78, 5) is 0. The largest absolute Gasteiger partial charge is 0.416 e. The van der Waals surface area contributed by atoms with Crippen LogP contribution < -0.4 is 16.4 Å². The van der Waals surface area contributed by atoms with Crippen molar-refractivity contribution in [2.45, 2.75) is 18.3 Å². The first-order valence-corrected chi connectivity index (χ1v) is 7.02. The molecule has 8 heteroatoms. The van der Waals surface area contributed by atoms with Gasteiger partial charge in [-0.2, -0.15) is 24.0 Å². The first-order valence-electron chi connectivity index (χ1n) is 7.02. The van der Waals surface area contributed by atoms with Gasteiger partial charge in [0.2, 0.25) is 0 Å². The Morgan fingerprint density at radius 1 is 1.00 bits per heavy atom. The van der Waals surface area contributed by atoms with E-state index in [1.54, 1.807) is 24.3 Å². The van der Waals surface area contributed by atoms with Crippen LogP contribution in [0.1, 0.15) is 17.2 Å². The van der Waals surface area contributed by atoms with E-state index >= 15 is 0 Å². The highest BCUT2D eigenvalue weighted by atomic mass is 19.4. The molecule has 1 heterocycles. The van der Waals surface area contributed by atoms with Crippen LogP contribution in [-0.4, -0.2) is 6.04 Å². The van der Waals surface area contributed by atoms with Crippen molar-refractivity contribution in [1.29, 1.82) is 5.26 Å². The molecule has 1 aliphatic rings. The molecule has 0 saturated carbocycles. The van der Waals surface area contributed by atoms with Gasteiger partial charge in [-0.15, -0.1) is 0 Å². The first kappa shape index (κ1) is 16.4. The van der Waals surface area contributed by atoms with Crippen LogP contribution in [0.5, 0.6) is 0 Å². The van der Waals surface area contributed by atoms with Gasteiger partial charge in [0.15, 0.2) is 0 Å². The average Bonchev–Trinajstić information content (AvgIpc) is 3.02. The van der Waals surface area contributed by atoms with E-state index in [2.05, 4.69) is 22.5 Å². The van der Waals surface area contributed by atoms with Gasteiger partial charge in [0.1, 0.15) is 11.9 Å². The molecule has 1 saturated heterocycles. The molecule has 3 N–H and O–H groups in total. The second-order valence-corrected chi connectivity index (χ2v) is 5.35. The number of nitrogens with one attached hydrogen (secondary N) is 3. The molecule has 2 atom stereocenters. The number of hydrazine groups is 2. The lowest BCUT2D eigenvalue weighted by atomic mass is 9.96. The van der Waals surface area contributed by atoms with Crippen LogP contribution in [0, 0.1) is 17.1 Å². The monoisotopic (exact) mass is 336 g/mol. The van der Waals surface area contributed by atoms with E-state index in [1.807, 2.05) is 0 Å². The number of hydrogen-bond donors (Lipinski definition) is 3.